The van der Waals surface area contributed by atoms with Gasteiger partial charge in [0.2, 0.25) is 0 Å². The molecule has 6 heteroatoms. The fourth-order valence-electron chi connectivity index (χ4n) is 2.32. The molecule has 0 amide bonds. The number of halogens is 1. The van der Waals surface area contributed by atoms with Crippen LogP contribution in [-0.4, -0.2) is 53.7 Å². The van der Waals surface area contributed by atoms with Crippen molar-refractivity contribution < 1.29 is 14.3 Å². The average molecular weight is 267 g/mol. The van der Waals surface area contributed by atoms with Crippen molar-refractivity contribution in [2.24, 2.45) is 0 Å². The van der Waals surface area contributed by atoms with Crippen molar-refractivity contribution in [1.82, 2.24) is 9.88 Å². The van der Waals surface area contributed by atoms with E-state index in [1.807, 2.05) is 4.90 Å². The van der Waals surface area contributed by atoms with Crippen LogP contribution in [0.1, 0.15) is 23.7 Å². The second-order valence-electron chi connectivity index (χ2n) is 4.63. The van der Waals surface area contributed by atoms with Gasteiger partial charge in [-0.25, -0.2) is 14.2 Å². The molecule has 0 saturated carbocycles. The minimum atomic E-state index is -1.26. The van der Waals surface area contributed by atoms with E-state index in [4.69, 9.17) is 5.11 Å². The molecule has 1 aromatic heterocycles. The first-order valence-corrected chi connectivity index (χ1v) is 6.48. The standard InChI is InChI=1S/C13H18FN3O2/c1-2-5-16-6-8-17(9-7-16)12-11(14)10(13(18)19)3-4-15-12/h3-4H,2,5-9H2,1H3,(H,18,19). The maximum atomic E-state index is 14.1. The minimum Gasteiger partial charge on any atom is -0.478 e. The fourth-order valence-corrected chi connectivity index (χ4v) is 2.32. The number of carboxylic acids is 1. The largest absolute Gasteiger partial charge is 0.478 e. The van der Waals surface area contributed by atoms with E-state index >= 15 is 0 Å². The highest BCUT2D eigenvalue weighted by Gasteiger charge is 2.23. The number of pyridine rings is 1. The summed E-state index contributed by atoms with van der Waals surface area (Å²) in [5.41, 5.74) is -0.319. The Morgan fingerprint density at radius 3 is 2.68 bits per heavy atom. The molecule has 1 aliphatic rings. The number of aromatic carboxylic acids is 1. The highest BCUT2D eigenvalue weighted by atomic mass is 19.1. The van der Waals surface area contributed by atoms with Gasteiger partial charge in [-0.15, -0.1) is 0 Å². The molecule has 2 rings (SSSR count). The fraction of sp³-hybridized carbons (Fsp3) is 0.538. The van der Waals surface area contributed by atoms with E-state index in [1.165, 1.54) is 12.3 Å². The van der Waals surface area contributed by atoms with Gasteiger partial charge in [-0.1, -0.05) is 6.92 Å². The van der Waals surface area contributed by atoms with Crippen LogP contribution in [0, 0.1) is 5.82 Å². The molecule has 1 fully saturated rings. The van der Waals surface area contributed by atoms with Gasteiger partial charge in [0.15, 0.2) is 11.6 Å². The molecule has 1 aliphatic heterocycles. The molecule has 19 heavy (non-hydrogen) atoms. The third-order valence-electron chi connectivity index (χ3n) is 3.31. The van der Waals surface area contributed by atoms with Crippen molar-refractivity contribution in [2.45, 2.75) is 13.3 Å². The summed E-state index contributed by atoms with van der Waals surface area (Å²) in [5.74, 6) is -1.85. The number of rotatable bonds is 4. The number of piperazine rings is 1. The normalized spacial score (nSPS) is 16.6. The summed E-state index contributed by atoms with van der Waals surface area (Å²) < 4.78 is 14.1. The Bertz CT molecular complexity index is 459. The molecule has 0 aromatic carbocycles. The van der Waals surface area contributed by atoms with E-state index in [2.05, 4.69) is 16.8 Å². The van der Waals surface area contributed by atoms with Gasteiger partial charge in [0.25, 0.3) is 0 Å². The second-order valence-corrected chi connectivity index (χ2v) is 4.63. The van der Waals surface area contributed by atoms with Crippen LogP contribution in [0.5, 0.6) is 0 Å². The molecule has 104 valence electrons. The van der Waals surface area contributed by atoms with Crippen LogP contribution in [0.3, 0.4) is 0 Å². The monoisotopic (exact) mass is 267 g/mol. The molecule has 5 nitrogen and oxygen atoms in total. The van der Waals surface area contributed by atoms with Gasteiger partial charge < -0.3 is 10.0 Å². The molecular formula is C13H18FN3O2. The predicted molar refractivity (Wildman–Crippen MR) is 70.1 cm³/mol. The molecule has 0 aliphatic carbocycles. The lowest BCUT2D eigenvalue weighted by Crippen LogP contribution is -2.47. The third-order valence-corrected chi connectivity index (χ3v) is 3.31. The number of carboxylic acid groups (broad SMARTS) is 1. The Labute approximate surface area is 111 Å². The Balaban J connectivity index is 2.11. The van der Waals surface area contributed by atoms with Gasteiger partial charge >= 0.3 is 5.97 Å². The van der Waals surface area contributed by atoms with Gasteiger partial charge in [-0.2, -0.15) is 0 Å². The van der Waals surface area contributed by atoms with Gasteiger partial charge in [0.1, 0.15) is 5.56 Å². The van der Waals surface area contributed by atoms with Gasteiger partial charge in [0, 0.05) is 32.4 Å². The first-order chi connectivity index (χ1) is 9.13. The Morgan fingerprint density at radius 2 is 2.11 bits per heavy atom. The smallest absolute Gasteiger partial charge is 0.338 e. The molecule has 1 saturated heterocycles. The van der Waals surface area contributed by atoms with Gasteiger partial charge in [0.05, 0.1) is 0 Å². The maximum Gasteiger partial charge on any atom is 0.338 e. The SMILES string of the molecule is CCCN1CCN(c2nccc(C(=O)O)c2F)CC1. The van der Waals surface area contributed by atoms with Crippen molar-refractivity contribution in [3.05, 3.63) is 23.6 Å². The molecular weight excluding hydrogens is 249 g/mol. The zero-order valence-corrected chi connectivity index (χ0v) is 11.0. The molecule has 0 bridgehead atoms. The summed E-state index contributed by atoms with van der Waals surface area (Å²) in [6.45, 7) is 6.22. The first-order valence-electron chi connectivity index (χ1n) is 6.48. The van der Waals surface area contributed by atoms with Gasteiger partial charge in [-0.3, -0.25) is 4.90 Å². The van der Waals surface area contributed by atoms with Crippen LogP contribution in [-0.2, 0) is 0 Å². The lowest BCUT2D eigenvalue weighted by molar-refractivity contribution is 0.0691. The number of aromatic nitrogens is 1. The summed E-state index contributed by atoms with van der Waals surface area (Å²) in [4.78, 5) is 19.0. The Kier molecular flexibility index (Phi) is 4.31. The topological polar surface area (TPSA) is 56.7 Å². The lowest BCUT2D eigenvalue weighted by atomic mass is 10.2. The zero-order chi connectivity index (χ0) is 13.8. The van der Waals surface area contributed by atoms with E-state index in [1.54, 1.807) is 0 Å². The van der Waals surface area contributed by atoms with Crippen molar-refractivity contribution in [3.8, 4) is 0 Å². The predicted octanol–water partition coefficient (Wildman–Crippen LogP) is 1.45. The highest BCUT2D eigenvalue weighted by Crippen LogP contribution is 2.20. The van der Waals surface area contributed by atoms with E-state index in [-0.39, 0.29) is 11.4 Å². The molecule has 2 heterocycles. The summed E-state index contributed by atoms with van der Waals surface area (Å²) >= 11 is 0. The maximum absolute atomic E-state index is 14.1. The van der Waals surface area contributed by atoms with Crippen molar-refractivity contribution in [3.63, 3.8) is 0 Å². The van der Waals surface area contributed by atoms with Crippen LogP contribution in [0.15, 0.2) is 12.3 Å². The van der Waals surface area contributed by atoms with Crippen LogP contribution >= 0.6 is 0 Å². The van der Waals surface area contributed by atoms with Crippen LogP contribution < -0.4 is 4.90 Å². The minimum absolute atomic E-state index is 0.149. The van der Waals surface area contributed by atoms with Crippen LogP contribution in [0.2, 0.25) is 0 Å². The lowest BCUT2D eigenvalue weighted by Gasteiger charge is -2.35. The molecule has 1 N–H and O–H groups in total. The molecule has 0 radical (unpaired) electrons. The number of hydrogen-bond donors (Lipinski definition) is 1. The summed E-state index contributed by atoms with van der Waals surface area (Å²) in [5, 5.41) is 8.91. The van der Waals surface area contributed by atoms with Crippen molar-refractivity contribution >= 4 is 11.8 Å². The van der Waals surface area contributed by atoms with E-state index in [0.717, 1.165) is 26.1 Å². The van der Waals surface area contributed by atoms with E-state index in [0.29, 0.717) is 13.1 Å². The number of hydrogen-bond acceptors (Lipinski definition) is 4. The Morgan fingerprint density at radius 1 is 1.42 bits per heavy atom. The average Bonchev–Trinajstić information content (AvgIpc) is 2.40. The summed E-state index contributed by atoms with van der Waals surface area (Å²) in [6.07, 6.45) is 2.45. The number of anilines is 1. The van der Waals surface area contributed by atoms with Gasteiger partial charge in [-0.05, 0) is 19.0 Å². The van der Waals surface area contributed by atoms with Crippen LogP contribution in [0.25, 0.3) is 0 Å². The van der Waals surface area contributed by atoms with Crippen molar-refractivity contribution in [1.29, 1.82) is 0 Å². The highest BCUT2D eigenvalue weighted by molar-refractivity contribution is 5.88. The Hall–Kier alpha value is -1.69. The van der Waals surface area contributed by atoms with Crippen LogP contribution in [0.4, 0.5) is 10.2 Å². The first kappa shape index (κ1) is 13.7. The molecule has 0 atom stereocenters. The molecule has 0 unspecified atom stereocenters. The summed E-state index contributed by atoms with van der Waals surface area (Å²) in [6, 6.07) is 1.19. The third kappa shape index (κ3) is 3.01. The zero-order valence-electron chi connectivity index (χ0n) is 11.0. The number of nitrogens with zero attached hydrogens (tertiary/aromatic N) is 3. The second kappa shape index (κ2) is 5.97. The van der Waals surface area contributed by atoms with E-state index < -0.39 is 11.8 Å². The molecule has 1 aromatic rings. The van der Waals surface area contributed by atoms with E-state index in [9.17, 15) is 9.18 Å². The quantitative estimate of drug-likeness (QED) is 0.895. The number of carbonyl (C=O) groups is 1. The van der Waals surface area contributed by atoms with Crippen molar-refractivity contribution in [2.75, 3.05) is 37.6 Å². The molecule has 0 spiro atoms. The summed E-state index contributed by atoms with van der Waals surface area (Å²) in [7, 11) is 0.